The zero-order valence-corrected chi connectivity index (χ0v) is 17.3. The first kappa shape index (κ1) is 20.0. The van der Waals surface area contributed by atoms with Crippen LogP contribution in [0.3, 0.4) is 0 Å². The minimum Gasteiger partial charge on any atom is -0.464 e. The summed E-state index contributed by atoms with van der Waals surface area (Å²) in [6.07, 6.45) is -1.53. The van der Waals surface area contributed by atoms with Crippen molar-refractivity contribution in [2.24, 2.45) is 0 Å². The van der Waals surface area contributed by atoms with E-state index in [0.29, 0.717) is 15.1 Å². The molecule has 0 aliphatic carbocycles. The lowest BCUT2D eigenvalue weighted by atomic mass is 10.3. The number of benzene rings is 1. The van der Waals surface area contributed by atoms with Crippen LogP contribution in [0.1, 0.15) is 15.4 Å². The Labute approximate surface area is 171 Å². The van der Waals surface area contributed by atoms with Crippen LogP contribution < -0.4 is 9.62 Å². The van der Waals surface area contributed by atoms with Crippen molar-refractivity contribution < 1.29 is 27.6 Å². The van der Waals surface area contributed by atoms with Crippen LogP contribution in [0.15, 0.2) is 55.7 Å². The molecule has 28 heavy (non-hydrogen) atoms. The van der Waals surface area contributed by atoms with E-state index in [1.807, 2.05) is 0 Å². The molecule has 2 amide bonds. The highest BCUT2D eigenvalue weighted by molar-refractivity contribution is 9.10. The van der Waals surface area contributed by atoms with E-state index >= 15 is 0 Å². The lowest BCUT2D eigenvalue weighted by Crippen LogP contribution is -2.36. The van der Waals surface area contributed by atoms with Gasteiger partial charge in [0.25, 0.3) is 21.8 Å². The Kier molecular flexibility index (Phi) is 5.54. The van der Waals surface area contributed by atoms with Crippen molar-refractivity contribution in [1.29, 1.82) is 0 Å². The Balaban J connectivity index is 1.99. The SMILES string of the molecule is Cc1noc(NS(=O)(=O)c2ccsc2C(=O)N(C(=O)O)c2ccccc2)c1Br. The second-order valence-electron chi connectivity index (χ2n) is 5.39. The van der Waals surface area contributed by atoms with Gasteiger partial charge in [0, 0.05) is 0 Å². The van der Waals surface area contributed by atoms with Crippen LogP contribution >= 0.6 is 27.3 Å². The van der Waals surface area contributed by atoms with E-state index < -0.39 is 22.0 Å². The summed E-state index contributed by atoms with van der Waals surface area (Å²) in [7, 11) is -4.24. The average molecular weight is 486 g/mol. The smallest absolute Gasteiger partial charge is 0.419 e. The normalized spacial score (nSPS) is 11.2. The number of sulfonamides is 1. The fraction of sp³-hybridized carbons (Fsp3) is 0.0625. The van der Waals surface area contributed by atoms with E-state index in [-0.39, 0.29) is 21.3 Å². The highest BCUT2D eigenvalue weighted by atomic mass is 79.9. The predicted octanol–water partition coefficient (Wildman–Crippen LogP) is 3.93. The van der Waals surface area contributed by atoms with Crippen molar-refractivity contribution >= 4 is 60.9 Å². The number of carboxylic acid groups (broad SMARTS) is 1. The molecule has 0 saturated carbocycles. The van der Waals surface area contributed by atoms with E-state index in [1.54, 1.807) is 25.1 Å². The maximum atomic E-state index is 12.9. The van der Waals surface area contributed by atoms with Crippen LogP contribution in [0.25, 0.3) is 0 Å². The van der Waals surface area contributed by atoms with Gasteiger partial charge in [-0.15, -0.1) is 11.3 Å². The molecule has 0 aliphatic heterocycles. The van der Waals surface area contributed by atoms with Crippen molar-refractivity contribution in [3.8, 4) is 0 Å². The Hall–Kier alpha value is -2.70. The van der Waals surface area contributed by atoms with Crippen LogP contribution in [-0.4, -0.2) is 30.7 Å². The molecule has 12 heteroatoms. The van der Waals surface area contributed by atoms with Crippen molar-refractivity contribution in [2.45, 2.75) is 11.8 Å². The number of anilines is 2. The van der Waals surface area contributed by atoms with E-state index in [0.717, 1.165) is 11.3 Å². The van der Waals surface area contributed by atoms with Gasteiger partial charge in [-0.3, -0.25) is 4.79 Å². The molecule has 0 bridgehead atoms. The van der Waals surface area contributed by atoms with Crippen molar-refractivity contribution in [2.75, 3.05) is 9.62 Å². The molecule has 3 rings (SSSR count). The van der Waals surface area contributed by atoms with Gasteiger partial charge in [0.05, 0.1) is 11.4 Å². The molecule has 0 fully saturated rings. The van der Waals surface area contributed by atoms with Crippen LogP contribution in [0.2, 0.25) is 0 Å². The Morgan fingerprint density at radius 1 is 1.25 bits per heavy atom. The number of nitrogens with zero attached hydrogens (tertiary/aromatic N) is 2. The second-order valence-corrected chi connectivity index (χ2v) is 8.75. The van der Waals surface area contributed by atoms with E-state index in [1.165, 1.54) is 23.6 Å². The Morgan fingerprint density at radius 3 is 2.50 bits per heavy atom. The molecule has 9 nitrogen and oxygen atoms in total. The lowest BCUT2D eigenvalue weighted by molar-refractivity contribution is 0.0984. The zero-order valence-electron chi connectivity index (χ0n) is 14.1. The number of nitrogens with one attached hydrogen (secondary N) is 1. The van der Waals surface area contributed by atoms with E-state index in [2.05, 4.69) is 25.8 Å². The molecule has 3 aromatic rings. The number of amides is 2. The fourth-order valence-electron chi connectivity index (χ4n) is 2.26. The highest BCUT2D eigenvalue weighted by Crippen LogP contribution is 2.31. The monoisotopic (exact) mass is 485 g/mol. The minimum absolute atomic E-state index is 0.0957. The average Bonchev–Trinajstić information content (AvgIpc) is 3.26. The third-order valence-corrected chi connectivity index (χ3v) is 6.88. The second kappa shape index (κ2) is 7.73. The molecular weight excluding hydrogens is 474 g/mol. The Morgan fingerprint density at radius 2 is 1.93 bits per heavy atom. The van der Waals surface area contributed by atoms with Gasteiger partial charge in [0.2, 0.25) is 0 Å². The van der Waals surface area contributed by atoms with Gasteiger partial charge in [0.15, 0.2) is 0 Å². The van der Waals surface area contributed by atoms with Crippen molar-refractivity contribution in [3.63, 3.8) is 0 Å². The summed E-state index contributed by atoms with van der Waals surface area (Å²) in [6, 6.07) is 8.87. The topological polar surface area (TPSA) is 130 Å². The summed E-state index contributed by atoms with van der Waals surface area (Å²) in [5.41, 5.74) is 0.527. The van der Waals surface area contributed by atoms with Crippen LogP contribution in [0, 0.1) is 6.92 Å². The third kappa shape index (κ3) is 3.79. The van der Waals surface area contributed by atoms with Gasteiger partial charge in [-0.1, -0.05) is 23.4 Å². The summed E-state index contributed by atoms with van der Waals surface area (Å²) in [4.78, 5) is 24.4. The first-order valence-corrected chi connectivity index (χ1v) is 10.7. The highest BCUT2D eigenvalue weighted by Gasteiger charge is 2.32. The van der Waals surface area contributed by atoms with Gasteiger partial charge >= 0.3 is 6.09 Å². The van der Waals surface area contributed by atoms with Crippen molar-refractivity contribution in [1.82, 2.24) is 5.16 Å². The van der Waals surface area contributed by atoms with E-state index in [4.69, 9.17) is 4.52 Å². The van der Waals surface area contributed by atoms with Gasteiger partial charge < -0.3 is 9.63 Å². The molecule has 0 radical (unpaired) electrons. The molecule has 146 valence electrons. The van der Waals surface area contributed by atoms with Crippen LogP contribution in [-0.2, 0) is 10.0 Å². The number of aromatic nitrogens is 1. The van der Waals surface area contributed by atoms with Crippen LogP contribution in [0.5, 0.6) is 0 Å². The standard InChI is InChI=1S/C16H12BrN3O6S2/c1-9-12(17)14(26-18-9)19-28(24,25)11-7-8-27-13(11)15(21)20(16(22)23)10-5-3-2-4-6-10/h2-8,19H,1H3,(H,22,23). The molecular formula is C16H12BrN3O6S2. The number of rotatable bonds is 5. The molecule has 0 unspecified atom stereocenters. The molecule has 1 aromatic carbocycles. The van der Waals surface area contributed by atoms with Gasteiger partial charge in [-0.2, -0.15) is 0 Å². The van der Waals surface area contributed by atoms with Crippen molar-refractivity contribution in [3.05, 3.63) is 56.8 Å². The number of carbonyl (C=O) groups is 2. The zero-order chi connectivity index (χ0) is 20.5. The molecule has 2 heterocycles. The first-order chi connectivity index (χ1) is 13.2. The summed E-state index contributed by atoms with van der Waals surface area (Å²) in [5, 5.41) is 14.5. The number of thiophene rings is 1. The number of halogens is 1. The van der Waals surface area contributed by atoms with Crippen LogP contribution in [0.4, 0.5) is 16.4 Å². The number of hydrogen-bond acceptors (Lipinski definition) is 7. The summed E-state index contributed by atoms with van der Waals surface area (Å²) in [6.45, 7) is 1.61. The maximum Gasteiger partial charge on any atom is 0.419 e. The summed E-state index contributed by atoms with van der Waals surface area (Å²) in [5.74, 6) is -1.14. The maximum absolute atomic E-state index is 12.9. The number of carbonyl (C=O) groups excluding carboxylic acids is 1. The third-order valence-electron chi connectivity index (χ3n) is 3.54. The minimum atomic E-state index is -4.24. The molecule has 0 aliphatic rings. The molecule has 0 atom stereocenters. The molecule has 2 N–H and O–H groups in total. The summed E-state index contributed by atoms with van der Waals surface area (Å²) < 4.78 is 32.9. The molecule has 0 saturated heterocycles. The van der Waals surface area contributed by atoms with Gasteiger partial charge in [-0.05, 0) is 46.4 Å². The fourth-order valence-corrected chi connectivity index (χ4v) is 4.98. The van der Waals surface area contributed by atoms with Gasteiger partial charge in [0.1, 0.15) is 14.2 Å². The number of imide groups is 1. The molecule has 0 spiro atoms. The number of aryl methyl sites for hydroxylation is 1. The lowest BCUT2D eigenvalue weighted by Gasteiger charge is -2.17. The largest absolute Gasteiger partial charge is 0.464 e. The summed E-state index contributed by atoms with van der Waals surface area (Å²) >= 11 is 3.97. The molecule has 2 aromatic heterocycles. The Bertz CT molecular complexity index is 1140. The predicted molar refractivity (Wildman–Crippen MR) is 105 cm³/mol. The number of hydrogen-bond donors (Lipinski definition) is 2. The first-order valence-electron chi connectivity index (χ1n) is 7.57. The van der Waals surface area contributed by atoms with Gasteiger partial charge in [-0.25, -0.2) is 22.8 Å². The van der Waals surface area contributed by atoms with E-state index in [9.17, 15) is 23.1 Å². The number of para-hydroxylation sites is 1. The quantitative estimate of drug-likeness (QED) is 0.559.